The maximum Gasteiger partial charge on any atom is 0.416 e. The van der Waals surface area contributed by atoms with Crippen LogP contribution in [0.2, 0.25) is 0 Å². The fourth-order valence-corrected chi connectivity index (χ4v) is 2.43. The summed E-state index contributed by atoms with van der Waals surface area (Å²) in [6.45, 7) is 8.85. The highest BCUT2D eigenvalue weighted by Gasteiger charge is 2.31. The summed E-state index contributed by atoms with van der Waals surface area (Å²) in [5.41, 5.74) is 4.80. The van der Waals surface area contributed by atoms with Gasteiger partial charge in [0.2, 0.25) is 5.91 Å². The molecule has 1 aromatic rings. The Hall–Kier alpha value is -1.60. The van der Waals surface area contributed by atoms with E-state index in [0.717, 1.165) is 17.7 Å². The van der Waals surface area contributed by atoms with Crippen molar-refractivity contribution in [1.29, 1.82) is 0 Å². The summed E-state index contributed by atoms with van der Waals surface area (Å²) in [5.74, 6) is -0.299. The molecule has 7 heteroatoms. The Morgan fingerprint density at radius 3 is 2.04 bits per heavy atom. The topological polar surface area (TPSA) is 58.4 Å². The fraction of sp³-hybridized carbons (Fsp3) is 0.588. The first-order valence-electron chi connectivity index (χ1n) is 7.99. The number of halogens is 3. The zero-order valence-electron chi connectivity index (χ0n) is 14.6. The Morgan fingerprint density at radius 2 is 1.67 bits per heavy atom. The van der Waals surface area contributed by atoms with Crippen LogP contribution in [0.1, 0.15) is 44.9 Å². The third-order valence-electron chi connectivity index (χ3n) is 3.92. The minimum Gasteiger partial charge on any atom is -0.353 e. The van der Waals surface area contributed by atoms with Crippen molar-refractivity contribution in [2.24, 2.45) is 5.73 Å². The zero-order chi connectivity index (χ0) is 18.5. The quantitative estimate of drug-likeness (QED) is 0.799. The highest BCUT2D eigenvalue weighted by Crippen LogP contribution is 2.30. The van der Waals surface area contributed by atoms with Crippen molar-refractivity contribution in [1.82, 2.24) is 10.2 Å². The zero-order valence-corrected chi connectivity index (χ0v) is 14.6. The van der Waals surface area contributed by atoms with Gasteiger partial charge in [0.1, 0.15) is 0 Å². The first kappa shape index (κ1) is 20.4. The van der Waals surface area contributed by atoms with Crippen LogP contribution in [0.4, 0.5) is 13.2 Å². The van der Waals surface area contributed by atoms with Crippen LogP contribution >= 0.6 is 0 Å². The molecule has 1 unspecified atom stereocenters. The maximum absolute atomic E-state index is 12.7. The maximum atomic E-state index is 12.7. The predicted molar refractivity (Wildman–Crippen MR) is 88.4 cm³/mol. The van der Waals surface area contributed by atoms with Crippen LogP contribution in [-0.2, 0) is 11.0 Å². The number of carbonyl (C=O) groups excluding carboxylic acids is 1. The van der Waals surface area contributed by atoms with Gasteiger partial charge in [-0.15, -0.1) is 0 Å². The number of hydrogen-bond donors (Lipinski definition) is 2. The van der Waals surface area contributed by atoms with E-state index < -0.39 is 17.3 Å². The van der Waals surface area contributed by atoms with E-state index in [2.05, 4.69) is 10.2 Å². The Kier molecular flexibility index (Phi) is 6.80. The van der Waals surface area contributed by atoms with Gasteiger partial charge in [-0.1, -0.05) is 26.0 Å². The first-order valence-corrected chi connectivity index (χ1v) is 7.99. The normalized spacial score (nSPS) is 13.9. The molecule has 0 aliphatic rings. The minimum atomic E-state index is -4.36. The van der Waals surface area contributed by atoms with Crippen LogP contribution in [-0.4, -0.2) is 36.0 Å². The van der Waals surface area contributed by atoms with Crippen molar-refractivity contribution in [3.05, 3.63) is 35.4 Å². The van der Waals surface area contributed by atoms with Gasteiger partial charge < -0.3 is 11.1 Å². The Morgan fingerprint density at radius 1 is 1.17 bits per heavy atom. The molecule has 0 aliphatic carbocycles. The second-order valence-electron chi connectivity index (χ2n) is 6.29. The fourth-order valence-electron chi connectivity index (χ4n) is 2.43. The van der Waals surface area contributed by atoms with Crippen molar-refractivity contribution >= 4 is 5.91 Å². The van der Waals surface area contributed by atoms with Crippen LogP contribution in [0.15, 0.2) is 24.3 Å². The van der Waals surface area contributed by atoms with Gasteiger partial charge in [0.05, 0.1) is 17.1 Å². The number of benzene rings is 1. The van der Waals surface area contributed by atoms with Gasteiger partial charge in [0.15, 0.2) is 0 Å². The van der Waals surface area contributed by atoms with Gasteiger partial charge in [-0.3, -0.25) is 9.69 Å². The molecule has 0 spiro atoms. The van der Waals surface area contributed by atoms with E-state index in [1.807, 2.05) is 13.8 Å². The average molecular weight is 345 g/mol. The molecule has 1 rings (SSSR count). The minimum absolute atomic E-state index is 0.214. The van der Waals surface area contributed by atoms with E-state index in [0.29, 0.717) is 13.1 Å². The van der Waals surface area contributed by atoms with Crippen LogP contribution in [0.3, 0.4) is 0 Å². The van der Waals surface area contributed by atoms with Gasteiger partial charge in [-0.2, -0.15) is 13.2 Å². The number of nitrogens with zero attached hydrogens (tertiary/aromatic N) is 1. The number of likely N-dealkylation sites (N-methyl/N-ethyl adjacent to an activating group) is 1. The molecule has 1 amide bonds. The number of nitrogens with one attached hydrogen (secondary N) is 1. The van der Waals surface area contributed by atoms with Crippen LogP contribution in [0.25, 0.3) is 0 Å². The van der Waals surface area contributed by atoms with Crippen LogP contribution in [0, 0.1) is 0 Å². The van der Waals surface area contributed by atoms with E-state index >= 15 is 0 Å². The SMILES string of the molecule is CCN(CC)C(CNC(=O)C(C)(C)N)c1ccc(C(F)(F)F)cc1. The van der Waals surface area contributed by atoms with Crippen molar-refractivity contribution < 1.29 is 18.0 Å². The Bertz CT molecular complexity index is 531. The molecule has 0 heterocycles. The lowest BCUT2D eigenvalue weighted by atomic mass is 10.0. The van der Waals surface area contributed by atoms with E-state index in [-0.39, 0.29) is 18.5 Å². The third-order valence-corrected chi connectivity index (χ3v) is 3.92. The molecule has 136 valence electrons. The molecule has 0 aliphatic heterocycles. The summed E-state index contributed by atoms with van der Waals surface area (Å²) < 4.78 is 38.1. The Balaban J connectivity index is 3.00. The van der Waals surface area contributed by atoms with Crippen molar-refractivity contribution in [3.8, 4) is 0 Å². The van der Waals surface area contributed by atoms with Crippen LogP contribution < -0.4 is 11.1 Å². The lowest BCUT2D eigenvalue weighted by Gasteiger charge is -2.31. The van der Waals surface area contributed by atoms with Gasteiger partial charge in [0, 0.05) is 6.54 Å². The molecule has 0 fully saturated rings. The van der Waals surface area contributed by atoms with Gasteiger partial charge in [-0.05, 0) is 44.6 Å². The Labute approximate surface area is 141 Å². The highest BCUT2D eigenvalue weighted by molar-refractivity contribution is 5.85. The molecule has 24 heavy (non-hydrogen) atoms. The van der Waals surface area contributed by atoms with Crippen LogP contribution in [0.5, 0.6) is 0 Å². The second-order valence-corrected chi connectivity index (χ2v) is 6.29. The first-order chi connectivity index (χ1) is 11.0. The molecule has 4 nitrogen and oxygen atoms in total. The highest BCUT2D eigenvalue weighted by atomic mass is 19.4. The number of nitrogens with two attached hydrogens (primary N) is 1. The summed E-state index contributed by atoms with van der Waals surface area (Å²) in [6.07, 6.45) is -4.36. The number of amides is 1. The summed E-state index contributed by atoms with van der Waals surface area (Å²) in [4.78, 5) is 14.1. The lowest BCUT2D eigenvalue weighted by Crippen LogP contribution is -2.51. The molecule has 0 saturated carbocycles. The van der Waals surface area contributed by atoms with E-state index in [1.165, 1.54) is 12.1 Å². The van der Waals surface area contributed by atoms with E-state index in [1.54, 1.807) is 13.8 Å². The molecule has 0 radical (unpaired) electrons. The van der Waals surface area contributed by atoms with Gasteiger partial charge >= 0.3 is 6.18 Å². The molecule has 1 aromatic carbocycles. The molecule has 0 aromatic heterocycles. The second kappa shape index (κ2) is 7.98. The molecular formula is C17H26F3N3O. The van der Waals surface area contributed by atoms with Gasteiger partial charge in [0.25, 0.3) is 0 Å². The van der Waals surface area contributed by atoms with Crippen molar-refractivity contribution in [2.45, 2.75) is 45.5 Å². The number of carbonyl (C=O) groups is 1. The summed E-state index contributed by atoms with van der Waals surface area (Å²) in [6, 6.07) is 4.85. The van der Waals surface area contributed by atoms with Gasteiger partial charge in [-0.25, -0.2) is 0 Å². The van der Waals surface area contributed by atoms with E-state index in [4.69, 9.17) is 5.73 Å². The standard InChI is InChI=1S/C17H26F3N3O/c1-5-23(6-2)14(11-22-15(24)16(3,4)21)12-7-9-13(10-8-12)17(18,19)20/h7-10,14H,5-6,11,21H2,1-4H3,(H,22,24). The lowest BCUT2D eigenvalue weighted by molar-refractivity contribution is -0.137. The summed E-state index contributed by atoms with van der Waals surface area (Å²) in [5, 5.41) is 2.79. The molecule has 1 atom stereocenters. The predicted octanol–water partition coefficient (Wildman–Crippen LogP) is 2.94. The summed E-state index contributed by atoms with van der Waals surface area (Å²) in [7, 11) is 0. The average Bonchev–Trinajstić information content (AvgIpc) is 2.49. The number of hydrogen-bond acceptors (Lipinski definition) is 3. The van der Waals surface area contributed by atoms with E-state index in [9.17, 15) is 18.0 Å². The molecule has 0 bridgehead atoms. The monoisotopic (exact) mass is 345 g/mol. The molecule has 3 N–H and O–H groups in total. The van der Waals surface area contributed by atoms with Crippen molar-refractivity contribution in [3.63, 3.8) is 0 Å². The summed E-state index contributed by atoms with van der Waals surface area (Å²) >= 11 is 0. The number of alkyl halides is 3. The largest absolute Gasteiger partial charge is 0.416 e. The molecule has 0 saturated heterocycles. The van der Waals surface area contributed by atoms with Crippen molar-refractivity contribution in [2.75, 3.05) is 19.6 Å². The number of rotatable bonds is 7. The molecular weight excluding hydrogens is 319 g/mol. The third kappa shape index (κ3) is 5.49. The smallest absolute Gasteiger partial charge is 0.353 e.